The number of ether oxygens (including phenoxy) is 1. The Morgan fingerprint density at radius 2 is 1.70 bits per heavy atom. The van der Waals surface area contributed by atoms with E-state index in [0.29, 0.717) is 29.8 Å². The Hall–Kier alpha value is -3.91. The molecule has 4 rings (SSSR count). The molecule has 8 nitrogen and oxygen atoms in total. The van der Waals surface area contributed by atoms with Gasteiger partial charge < -0.3 is 20.5 Å². The molecule has 1 heterocycles. The molecule has 3 N–H and O–H groups in total. The number of anilines is 3. The minimum absolute atomic E-state index is 0.110. The van der Waals surface area contributed by atoms with E-state index < -0.39 is 10.5 Å². The maximum absolute atomic E-state index is 12.8. The van der Waals surface area contributed by atoms with Gasteiger partial charge in [-0.15, -0.1) is 0 Å². The van der Waals surface area contributed by atoms with Crippen LogP contribution >= 0.6 is 0 Å². The number of fused-ring (bicyclic) bond motifs is 2. The standard InChI is InChI=1S/C25H25N3O5/c1-25(2,30)11-10-15-4-8-19-21(12-15)26-20-13-16(5-7-18(20)24(29)27-19)17-6-9-22(28(31)32)23(14-17)33-3/h4-9,12-14,26,30H,10-11H2,1-3H3,(H,27,29). The van der Waals surface area contributed by atoms with Gasteiger partial charge in [-0.1, -0.05) is 12.1 Å². The van der Waals surface area contributed by atoms with Gasteiger partial charge in [-0.25, -0.2) is 0 Å². The minimum atomic E-state index is -0.762. The number of carbonyl (C=O) groups excluding carboxylic acids is 1. The molecule has 33 heavy (non-hydrogen) atoms. The average Bonchev–Trinajstić information content (AvgIpc) is 2.91. The van der Waals surface area contributed by atoms with E-state index in [1.165, 1.54) is 13.2 Å². The highest BCUT2D eigenvalue weighted by molar-refractivity contribution is 6.12. The first-order chi connectivity index (χ1) is 15.6. The second kappa shape index (κ2) is 8.55. The fraction of sp³-hybridized carbons (Fsp3) is 0.240. The molecule has 1 aliphatic heterocycles. The summed E-state index contributed by atoms with van der Waals surface area (Å²) in [6.07, 6.45) is 1.31. The van der Waals surface area contributed by atoms with Crippen molar-refractivity contribution in [3.63, 3.8) is 0 Å². The fourth-order valence-electron chi connectivity index (χ4n) is 3.78. The number of rotatable bonds is 6. The van der Waals surface area contributed by atoms with Crippen LogP contribution in [0.1, 0.15) is 36.2 Å². The summed E-state index contributed by atoms with van der Waals surface area (Å²) in [6.45, 7) is 3.56. The molecule has 0 spiro atoms. The fourth-order valence-corrected chi connectivity index (χ4v) is 3.78. The van der Waals surface area contributed by atoms with E-state index in [2.05, 4.69) is 10.6 Å². The summed E-state index contributed by atoms with van der Waals surface area (Å²) in [7, 11) is 1.39. The van der Waals surface area contributed by atoms with Crippen molar-refractivity contribution in [1.29, 1.82) is 0 Å². The van der Waals surface area contributed by atoms with Crippen LogP contribution in [0, 0.1) is 10.1 Å². The van der Waals surface area contributed by atoms with Crippen LogP contribution in [0.5, 0.6) is 5.75 Å². The van der Waals surface area contributed by atoms with Gasteiger partial charge in [0.05, 0.1) is 40.3 Å². The number of amides is 1. The lowest BCUT2D eigenvalue weighted by Crippen LogP contribution is -2.19. The first kappa shape index (κ1) is 22.3. The predicted molar refractivity (Wildman–Crippen MR) is 127 cm³/mol. The quantitative estimate of drug-likeness (QED) is 0.350. The van der Waals surface area contributed by atoms with Crippen LogP contribution in [0.3, 0.4) is 0 Å². The zero-order valence-electron chi connectivity index (χ0n) is 18.6. The van der Waals surface area contributed by atoms with E-state index in [-0.39, 0.29) is 17.3 Å². The van der Waals surface area contributed by atoms with E-state index in [0.717, 1.165) is 22.4 Å². The maximum atomic E-state index is 12.8. The number of hydrogen-bond donors (Lipinski definition) is 3. The highest BCUT2D eigenvalue weighted by Crippen LogP contribution is 2.37. The number of aliphatic hydroxyl groups is 1. The number of nitro benzene ring substituents is 1. The SMILES string of the molecule is COc1cc(-c2ccc3c(c2)Nc2cc(CCC(C)(C)O)ccc2NC3=O)ccc1[N+](=O)[O-]. The van der Waals surface area contributed by atoms with E-state index >= 15 is 0 Å². The third-order valence-electron chi connectivity index (χ3n) is 5.60. The zero-order chi connectivity index (χ0) is 23.8. The molecule has 0 radical (unpaired) electrons. The molecule has 1 amide bonds. The number of nitrogens with zero attached hydrogens (tertiary/aromatic N) is 1. The second-order valence-electron chi connectivity index (χ2n) is 8.68. The molecule has 0 unspecified atom stereocenters. The van der Waals surface area contributed by atoms with Crippen LogP contribution in [-0.4, -0.2) is 28.6 Å². The number of methoxy groups -OCH3 is 1. The van der Waals surface area contributed by atoms with E-state index in [1.807, 2.05) is 24.3 Å². The third kappa shape index (κ3) is 4.80. The Balaban J connectivity index is 1.70. The lowest BCUT2D eigenvalue weighted by atomic mass is 9.98. The molecule has 170 valence electrons. The summed E-state index contributed by atoms with van der Waals surface area (Å²) in [6, 6.07) is 15.8. The first-order valence-electron chi connectivity index (χ1n) is 10.6. The summed E-state index contributed by atoms with van der Waals surface area (Å²) in [5, 5.41) is 27.5. The van der Waals surface area contributed by atoms with Crippen LogP contribution in [0.15, 0.2) is 54.6 Å². The molecule has 3 aromatic carbocycles. The van der Waals surface area contributed by atoms with Crippen molar-refractivity contribution in [1.82, 2.24) is 0 Å². The molecule has 3 aromatic rings. The number of carbonyl (C=O) groups is 1. The summed E-state index contributed by atoms with van der Waals surface area (Å²) < 4.78 is 5.19. The smallest absolute Gasteiger partial charge is 0.310 e. The molecule has 0 saturated heterocycles. The minimum Gasteiger partial charge on any atom is -0.490 e. The first-order valence-corrected chi connectivity index (χ1v) is 10.6. The maximum Gasteiger partial charge on any atom is 0.310 e. The van der Waals surface area contributed by atoms with Gasteiger partial charge in [0.2, 0.25) is 0 Å². The van der Waals surface area contributed by atoms with Crippen molar-refractivity contribution < 1.29 is 19.6 Å². The van der Waals surface area contributed by atoms with Crippen molar-refractivity contribution in [3.8, 4) is 16.9 Å². The van der Waals surface area contributed by atoms with Crippen LogP contribution in [-0.2, 0) is 6.42 Å². The average molecular weight is 447 g/mol. The number of aryl methyl sites for hydroxylation is 1. The molecule has 0 bridgehead atoms. The Kier molecular flexibility index (Phi) is 5.78. The monoisotopic (exact) mass is 447 g/mol. The zero-order valence-corrected chi connectivity index (χ0v) is 18.6. The van der Waals surface area contributed by atoms with Crippen LogP contribution in [0.25, 0.3) is 11.1 Å². The van der Waals surface area contributed by atoms with Crippen LogP contribution in [0.4, 0.5) is 22.7 Å². The summed E-state index contributed by atoms with van der Waals surface area (Å²) >= 11 is 0. The lowest BCUT2D eigenvalue weighted by Gasteiger charge is -2.17. The molecular formula is C25H25N3O5. The third-order valence-corrected chi connectivity index (χ3v) is 5.60. The van der Waals surface area contributed by atoms with Gasteiger partial charge in [0.15, 0.2) is 5.75 Å². The molecule has 8 heteroatoms. The van der Waals surface area contributed by atoms with E-state index in [1.54, 1.807) is 38.1 Å². The largest absolute Gasteiger partial charge is 0.490 e. The normalized spacial score (nSPS) is 12.7. The van der Waals surface area contributed by atoms with E-state index in [9.17, 15) is 20.0 Å². The topological polar surface area (TPSA) is 114 Å². The van der Waals surface area contributed by atoms with Crippen LogP contribution in [0.2, 0.25) is 0 Å². The summed E-state index contributed by atoms with van der Waals surface area (Å²) in [4.78, 5) is 23.5. The Morgan fingerprint density at radius 1 is 0.970 bits per heavy atom. The van der Waals surface area contributed by atoms with Crippen molar-refractivity contribution in [2.45, 2.75) is 32.3 Å². The highest BCUT2D eigenvalue weighted by atomic mass is 16.6. The van der Waals surface area contributed by atoms with Gasteiger partial charge >= 0.3 is 5.69 Å². The van der Waals surface area contributed by atoms with Gasteiger partial charge in [0, 0.05) is 6.07 Å². The van der Waals surface area contributed by atoms with E-state index in [4.69, 9.17) is 4.74 Å². The highest BCUT2D eigenvalue weighted by Gasteiger charge is 2.21. The van der Waals surface area contributed by atoms with Gasteiger partial charge in [0.1, 0.15) is 0 Å². The molecular weight excluding hydrogens is 422 g/mol. The Morgan fingerprint density at radius 3 is 2.39 bits per heavy atom. The number of hydrogen-bond acceptors (Lipinski definition) is 6. The summed E-state index contributed by atoms with van der Waals surface area (Å²) in [5.41, 5.74) is 4.22. The number of nitrogens with one attached hydrogen (secondary N) is 2. The second-order valence-corrected chi connectivity index (χ2v) is 8.68. The molecule has 1 aliphatic rings. The van der Waals surface area contributed by atoms with Gasteiger partial charge in [-0.2, -0.15) is 0 Å². The predicted octanol–water partition coefficient (Wildman–Crippen LogP) is 5.28. The molecule has 0 aromatic heterocycles. The molecule has 0 saturated carbocycles. The summed E-state index contributed by atoms with van der Waals surface area (Å²) in [5.74, 6) is -0.0618. The number of benzene rings is 3. The van der Waals surface area contributed by atoms with Crippen molar-refractivity contribution in [2.24, 2.45) is 0 Å². The Labute approximate surface area is 191 Å². The number of nitro groups is 1. The van der Waals surface area contributed by atoms with Gasteiger partial charge in [0.25, 0.3) is 5.91 Å². The van der Waals surface area contributed by atoms with Gasteiger partial charge in [-0.05, 0) is 79.8 Å². The Bertz CT molecular complexity index is 1250. The van der Waals surface area contributed by atoms with Crippen LogP contribution < -0.4 is 15.4 Å². The molecule has 0 fully saturated rings. The lowest BCUT2D eigenvalue weighted by molar-refractivity contribution is -0.385. The van der Waals surface area contributed by atoms with Crippen molar-refractivity contribution in [2.75, 3.05) is 17.7 Å². The van der Waals surface area contributed by atoms with Crippen molar-refractivity contribution >= 4 is 28.7 Å². The van der Waals surface area contributed by atoms with Gasteiger partial charge in [-0.3, -0.25) is 14.9 Å². The molecule has 0 atom stereocenters. The van der Waals surface area contributed by atoms with Crippen molar-refractivity contribution in [3.05, 3.63) is 75.8 Å². The molecule has 0 aliphatic carbocycles.